The van der Waals surface area contributed by atoms with Gasteiger partial charge in [0.25, 0.3) is 0 Å². The Balaban J connectivity index is 2.46. The Hall–Kier alpha value is -1.68. The number of anilines is 1. The summed E-state index contributed by atoms with van der Waals surface area (Å²) in [5.74, 6) is 0. The van der Waals surface area contributed by atoms with Crippen molar-refractivity contribution >= 4 is 17.3 Å². The highest BCUT2D eigenvalue weighted by Crippen LogP contribution is 2.35. The third kappa shape index (κ3) is 2.68. The van der Waals surface area contributed by atoms with Crippen LogP contribution in [0.15, 0.2) is 36.4 Å². The molecule has 0 amide bonds. The van der Waals surface area contributed by atoms with E-state index in [0.717, 1.165) is 17.7 Å². The van der Waals surface area contributed by atoms with Crippen LogP contribution in [0.25, 0.3) is 11.1 Å². The molecule has 100 valence electrons. The molecule has 0 aromatic heterocycles. The molecule has 0 aliphatic heterocycles. The van der Waals surface area contributed by atoms with Crippen LogP contribution in [0.5, 0.6) is 0 Å². The van der Waals surface area contributed by atoms with E-state index in [1.54, 1.807) is 19.1 Å². The lowest BCUT2D eigenvalue weighted by Crippen LogP contribution is -2.04. The first-order chi connectivity index (χ1) is 8.80. The Labute approximate surface area is 113 Å². The maximum Gasteiger partial charge on any atom is 0.416 e. The average Bonchev–Trinajstić information content (AvgIpc) is 2.35. The van der Waals surface area contributed by atoms with Crippen LogP contribution in [0.2, 0.25) is 5.02 Å². The van der Waals surface area contributed by atoms with Crippen LogP contribution in [-0.2, 0) is 6.18 Å². The summed E-state index contributed by atoms with van der Waals surface area (Å²) in [5.41, 5.74) is 7.61. The number of rotatable bonds is 1. The smallest absolute Gasteiger partial charge is 0.398 e. The van der Waals surface area contributed by atoms with Crippen LogP contribution in [0.3, 0.4) is 0 Å². The lowest BCUT2D eigenvalue weighted by molar-refractivity contribution is -0.137. The predicted octanol–water partition coefficient (Wildman–Crippen LogP) is 4.92. The summed E-state index contributed by atoms with van der Waals surface area (Å²) >= 11 is 6.16. The summed E-state index contributed by atoms with van der Waals surface area (Å²) in [6.07, 6.45) is -4.33. The molecule has 19 heavy (non-hydrogen) atoms. The van der Waals surface area contributed by atoms with E-state index < -0.39 is 11.7 Å². The molecule has 0 aliphatic carbocycles. The molecular weight excluding hydrogens is 275 g/mol. The van der Waals surface area contributed by atoms with Crippen molar-refractivity contribution in [1.29, 1.82) is 0 Å². The van der Waals surface area contributed by atoms with Crippen LogP contribution in [0, 0.1) is 6.92 Å². The van der Waals surface area contributed by atoms with E-state index >= 15 is 0 Å². The summed E-state index contributed by atoms with van der Waals surface area (Å²) in [7, 11) is 0. The second-order valence-electron chi connectivity index (χ2n) is 4.22. The van der Waals surface area contributed by atoms with Crippen LogP contribution in [0.1, 0.15) is 11.1 Å². The Morgan fingerprint density at radius 2 is 1.58 bits per heavy atom. The van der Waals surface area contributed by atoms with Crippen molar-refractivity contribution in [2.45, 2.75) is 13.1 Å². The van der Waals surface area contributed by atoms with Crippen molar-refractivity contribution in [3.8, 4) is 11.1 Å². The van der Waals surface area contributed by atoms with Gasteiger partial charge in [-0.2, -0.15) is 13.2 Å². The number of hydrogen-bond donors (Lipinski definition) is 1. The monoisotopic (exact) mass is 285 g/mol. The number of benzene rings is 2. The van der Waals surface area contributed by atoms with Crippen molar-refractivity contribution in [2.24, 2.45) is 0 Å². The summed E-state index contributed by atoms with van der Waals surface area (Å²) < 4.78 is 37.4. The maximum atomic E-state index is 12.5. The first-order valence-electron chi connectivity index (χ1n) is 5.53. The van der Waals surface area contributed by atoms with Gasteiger partial charge in [0.05, 0.1) is 10.6 Å². The molecule has 0 aliphatic rings. The van der Waals surface area contributed by atoms with Gasteiger partial charge in [-0.3, -0.25) is 0 Å². The van der Waals surface area contributed by atoms with Crippen molar-refractivity contribution < 1.29 is 13.2 Å². The fourth-order valence-corrected chi connectivity index (χ4v) is 2.04. The van der Waals surface area contributed by atoms with E-state index in [2.05, 4.69) is 0 Å². The van der Waals surface area contributed by atoms with Gasteiger partial charge in [-0.05, 0) is 36.2 Å². The molecule has 5 heteroatoms. The summed E-state index contributed by atoms with van der Waals surface area (Å²) in [4.78, 5) is 0. The highest BCUT2D eigenvalue weighted by molar-refractivity contribution is 6.34. The maximum absolute atomic E-state index is 12.5. The van der Waals surface area contributed by atoms with E-state index in [1.807, 2.05) is 0 Å². The standard InChI is InChI=1S/C14H11ClF3N/c1-8-12(19)7-6-11(13(8)15)9-2-4-10(5-3-9)14(16,17)18/h2-7H,19H2,1H3. The fraction of sp³-hybridized carbons (Fsp3) is 0.143. The second-order valence-corrected chi connectivity index (χ2v) is 4.59. The van der Waals surface area contributed by atoms with Crippen molar-refractivity contribution in [2.75, 3.05) is 5.73 Å². The molecule has 0 saturated heterocycles. The molecule has 0 bridgehead atoms. The van der Waals surface area contributed by atoms with Gasteiger partial charge in [-0.15, -0.1) is 0 Å². The van der Waals surface area contributed by atoms with E-state index in [1.165, 1.54) is 12.1 Å². The Morgan fingerprint density at radius 1 is 1.00 bits per heavy atom. The number of alkyl halides is 3. The molecule has 2 aromatic carbocycles. The minimum Gasteiger partial charge on any atom is -0.398 e. The van der Waals surface area contributed by atoms with Crippen LogP contribution in [0.4, 0.5) is 18.9 Å². The minimum atomic E-state index is -4.33. The molecule has 0 unspecified atom stereocenters. The Bertz CT molecular complexity index is 603. The van der Waals surface area contributed by atoms with Crippen molar-refractivity contribution in [1.82, 2.24) is 0 Å². The first kappa shape index (κ1) is 13.7. The van der Waals surface area contributed by atoms with E-state index in [-0.39, 0.29) is 0 Å². The average molecular weight is 286 g/mol. The zero-order chi connectivity index (χ0) is 14.2. The topological polar surface area (TPSA) is 26.0 Å². The van der Waals surface area contributed by atoms with Gasteiger partial charge in [-0.25, -0.2) is 0 Å². The van der Waals surface area contributed by atoms with E-state index in [9.17, 15) is 13.2 Å². The highest BCUT2D eigenvalue weighted by Gasteiger charge is 2.30. The van der Waals surface area contributed by atoms with Crippen molar-refractivity contribution in [3.05, 3.63) is 52.5 Å². The molecule has 0 radical (unpaired) electrons. The van der Waals surface area contributed by atoms with Crippen LogP contribution < -0.4 is 5.73 Å². The van der Waals surface area contributed by atoms with Gasteiger partial charge in [-0.1, -0.05) is 29.8 Å². The lowest BCUT2D eigenvalue weighted by atomic mass is 10.0. The quantitative estimate of drug-likeness (QED) is 0.740. The zero-order valence-corrected chi connectivity index (χ0v) is 10.8. The zero-order valence-electron chi connectivity index (χ0n) is 10.1. The summed E-state index contributed by atoms with van der Waals surface area (Å²) in [5, 5.41) is 0.458. The van der Waals surface area contributed by atoms with Gasteiger partial charge in [0.1, 0.15) is 0 Å². The molecule has 0 saturated carbocycles. The fourth-order valence-electron chi connectivity index (χ4n) is 1.76. The molecule has 0 atom stereocenters. The molecule has 0 heterocycles. The van der Waals surface area contributed by atoms with Gasteiger partial charge < -0.3 is 5.73 Å². The largest absolute Gasteiger partial charge is 0.416 e. The molecule has 2 aromatic rings. The number of halogens is 4. The van der Waals surface area contributed by atoms with Gasteiger partial charge >= 0.3 is 6.18 Å². The minimum absolute atomic E-state index is 0.458. The van der Waals surface area contributed by atoms with Crippen LogP contribution in [-0.4, -0.2) is 0 Å². The normalized spacial score (nSPS) is 11.6. The highest BCUT2D eigenvalue weighted by atomic mass is 35.5. The van der Waals surface area contributed by atoms with Gasteiger partial charge in [0, 0.05) is 11.3 Å². The van der Waals surface area contributed by atoms with Gasteiger partial charge in [0.15, 0.2) is 0 Å². The summed E-state index contributed by atoms with van der Waals surface area (Å²) in [6, 6.07) is 8.27. The molecule has 0 fully saturated rings. The Kier molecular flexibility index (Phi) is 3.45. The first-order valence-corrected chi connectivity index (χ1v) is 5.90. The molecular formula is C14H11ClF3N. The third-order valence-electron chi connectivity index (χ3n) is 2.95. The second kappa shape index (κ2) is 4.78. The van der Waals surface area contributed by atoms with E-state index in [4.69, 9.17) is 17.3 Å². The van der Waals surface area contributed by atoms with Gasteiger partial charge in [0.2, 0.25) is 0 Å². The third-order valence-corrected chi connectivity index (χ3v) is 3.44. The van der Waals surface area contributed by atoms with E-state index in [0.29, 0.717) is 21.8 Å². The van der Waals surface area contributed by atoms with Crippen molar-refractivity contribution in [3.63, 3.8) is 0 Å². The summed E-state index contributed by atoms with van der Waals surface area (Å²) in [6.45, 7) is 1.77. The molecule has 1 nitrogen and oxygen atoms in total. The lowest BCUT2D eigenvalue weighted by Gasteiger charge is -2.11. The molecule has 2 N–H and O–H groups in total. The molecule has 0 spiro atoms. The Morgan fingerprint density at radius 3 is 2.11 bits per heavy atom. The SMILES string of the molecule is Cc1c(N)ccc(-c2ccc(C(F)(F)F)cc2)c1Cl. The number of nitrogens with two attached hydrogens (primary N) is 1. The predicted molar refractivity (Wildman–Crippen MR) is 71.0 cm³/mol. The molecule has 2 rings (SSSR count). The number of hydrogen-bond acceptors (Lipinski definition) is 1. The number of nitrogen functional groups attached to an aromatic ring is 1. The van der Waals surface area contributed by atoms with Crippen LogP contribution >= 0.6 is 11.6 Å².